The van der Waals surface area contributed by atoms with E-state index in [-0.39, 0.29) is 11.6 Å². The van der Waals surface area contributed by atoms with Crippen molar-refractivity contribution in [3.63, 3.8) is 0 Å². The fourth-order valence-electron chi connectivity index (χ4n) is 2.77. The van der Waals surface area contributed by atoms with Gasteiger partial charge in [0.2, 0.25) is 0 Å². The van der Waals surface area contributed by atoms with E-state index in [0.29, 0.717) is 18.5 Å². The van der Waals surface area contributed by atoms with Crippen molar-refractivity contribution in [2.75, 3.05) is 13.1 Å². The maximum atomic E-state index is 12.9. The molecule has 1 aromatic carbocycles. The molecule has 2 nitrogen and oxygen atoms in total. The van der Waals surface area contributed by atoms with Gasteiger partial charge in [0.1, 0.15) is 0 Å². The van der Waals surface area contributed by atoms with Crippen LogP contribution in [0.15, 0.2) is 24.3 Å². The third-order valence-corrected chi connectivity index (χ3v) is 4.15. The number of rotatable bonds is 8. The molecule has 1 aliphatic rings. The van der Waals surface area contributed by atoms with Crippen molar-refractivity contribution in [1.82, 2.24) is 4.90 Å². The van der Waals surface area contributed by atoms with Gasteiger partial charge in [0.05, 0.1) is 0 Å². The molecule has 1 aliphatic carbocycles. The van der Waals surface area contributed by atoms with E-state index in [4.69, 9.17) is 5.73 Å². The van der Waals surface area contributed by atoms with E-state index in [2.05, 4.69) is 18.7 Å². The zero-order chi connectivity index (χ0) is 15.4. The molecule has 0 spiro atoms. The molecule has 1 saturated carbocycles. The summed E-state index contributed by atoms with van der Waals surface area (Å²) in [4.78, 5) is 2.42. The molecule has 21 heavy (non-hydrogen) atoms. The van der Waals surface area contributed by atoms with E-state index in [9.17, 15) is 8.78 Å². The van der Waals surface area contributed by atoms with Crippen LogP contribution in [0, 0.1) is 5.92 Å². The van der Waals surface area contributed by atoms with Crippen LogP contribution in [0.25, 0.3) is 0 Å². The van der Waals surface area contributed by atoms with Gasteiger partial charge in [-0.1, -0.05) is 32.0 Å². The Morgan fingerprint density at radius 2 is 1.90 bits per heavy atom. The summed E-state index contributed by atoms with van der Waals surface area (Å²) in [6.45, 7) is 5.88. The van der Waals surface area contributed by atoms with E-state index in [1.54, 1.807) is 12.1 Å². The van der Waals surface area contributed by atoms with Crippen molar-refractivity contribution < 1.29 is 8.78 Å². The Labute approximate surface area is 126 Å². The molecule has 0 aromatic heterocycles. The maximum absolute atomic E-state index is 12.9. The lowest BCUT2D eigenvalue weighted by molar-refractivity contribution is 0.150. The van der Waals surface area contributed by atoms with E-state index in [1.807, 2.05) is 6.07 Å². The average Bonchev–Trinajstić information content (AvgIpc) is 3.27. The van der Waals surface area contributed by atoms with Crippen molar-refractivity contribution in [3.8, 4) is 0 Å². The van der Waals surface area contributed by atoms with E-state index in [1.165, 1.54) is 18.9 Å². The van der Waals surface area contributed by atoms with Gasteiger partial charge >= 0.3 is 0 Å². The Hall–Kier alpha value is -1.00. The molecule has 0 bridgehead atoms. The van der Waals surface area contributed by atoms with Gasteiger partial charge in [0, 0.05) is 24.2 Å². The highest BCUT2D eigenvalue weighted by atomic mass is 19.3. The third kappa shape index (κ3) is 4.48. The van der Waals surface area contributed by atoms with Gasteiger partial charge in [-0.3, -0.25) is 4.90 Å². The van der Waals surface area contributed by atoms with Crippen LogP contribution in [0.1, 0.15) is 56.7 Å². The summed E-state index contributed by atoms with van der Waals surface area (Å²) in [6.07, 6.45) is 1.08. The molecule has 0 amide bonds. The highest BCUT2D eigenvalue weighted by molar-refractivity contribution is 5.27. The van der Waals surface area contributed by atoms with Gasteiger partial charge in [0.25, 0.3) is 6.43 Å². The fourth-order valence-corrected chi connectivity index (χ4v) is 2.77. The standard InChI is InChI=1S/C17H26F2N2/c1-12(2)8-9-21(15-6-7-15)16(11-20)13-4-3-5-14(10-13)17(18)19/h3-5,10,12,15-17H,6-9,11,20H2,1-2H3. The van der Waals surface area contributed by atoms with Gasteiger partial charge < -0.3 is 5.73 Å². The number of halogens is 2. The fraction of sp³-hybridized carbons (Fsp3) is 0.647. The largest absolute Gasteiger partial charge is 0.329 e. The molecule has 2 rings (SSSR count). The molecular weight excluding hydrogens is 270 g/mol. The molecule has 4 heteroatoms. The van der Waals surface area contributed by atoms with Gasteiger partial charge in [-0.25, -0.2) is 8.78 Å². The minimum Gasteiger partial charge on any atom is -0.329 e. The van der Waals surface area contributed by atoms with Gasteiger partial charge in [0.15, 0.2) is 0 Å². The summed E-state index contributed by atoms with van der Waals surface area (Å²) in [7, 11) is 0. The number of nitrogens with two attached hydrogens (primary N) is 1. The second-order valence-electron chi connectivity index (χ2n) is 6.37. The van der Waals surface area contributed by atoms with Crippen LogP contribution in [-0.2, 0) is 0 Å². The number of alkyl halides is 2. The number of nitrogens with zero attached hydrogens (tertiary/aromatic N) is 1. The summed E-state index contributed by atoms with van der Waals surface area (Å²) < 4.78 is 25.8. The Balaban J connectivity index is 2.17. The van der Waals surface area contributed by atoms with Crippen LogP contribution >= 0.6 is 0 Å². The lowest BCUT2D eigenvalue weighted by atomic mass is 10.0. The summed E-state index contributed by atoms with van der Waals surface area (Å²) in [6, 6.07) is 7.37. The van der Waals surface area contributed by atoms with Crippen LogP contribution in [0.4, 0.5) is 8.78 Å². The molecule has 1 fully saturated rings. The lowest BCUT2D eigenvalue weighted by Crippen LogP contribution is -2.36. The second kappa shape index (κ2) is 7.32. The number of benzene rings is 1. The minimum atomic E-state index is -2.42. The van der Waals surface area contributed by atoms with Crippen LogP contribution in [0.2, 0.25) is 0 Å². The number of hydrogen-bond donors (Lipinski definition) is 1. The SMILES string of the molecule is CC(C)CCN(C1CC1)C(CN)c1cccc(C(F)F)c1. The van der Waals surface area contributed by atoms with Crippen molar-refractivity contribution in [2.24, 2.45) is 11.7 Å². The molecule has 0 radical (unpaired) electrons. The normalized spacial score (nSPS) is 17.0. The molecule has 2 N–H and O–H groups in total. The van der Waals surface area contributed by atoms with Crippen molar-refractivity contribution in [2.45, 2.75) is 51.6 Å². The first-order valence-electron chi connectivity index (χ1n) is 7.86. The summed E-state index contributed by atoms with van der Waals surface area (Å²) in [5.74, 6) is 0.636. The van der Waals surface area contributed by atoms with E-state index < -0.39 is 6.43 Å². The van der Waals surface area contributed by atoms with E-state index >= 15 is 0 Å². The maximum Gasteiger partial charge on any atom is 0.263 e. The highest BCUT2D eigenvalue weighted by Gasteiger charge is 2.34. The smallest absolute Gasteiger partial charge is 0.263 e. The quantitative estimate of drug-likeness (QED) is 0.781. The highest BCUT2D eigenvalue weighted by Crippen LogP contribution is 2.35. The zero-order valence-corrected chi connectivity index (χ0v) is 12.9. The molecule has 1 unspecified atom stereocenters. The molecule has 1 atom stereocenters. The van der Waals surface area contributed by atoms with Crippen molar-refractivity contribution in [3.05, 3.63) is 35.4 Å². The molecule has 0 aliphatic heterocycles. The second-order valence-corrected chi connectivity index (χ2v) is 6.37. The van der Waals surface area contributed by atoms with Crippen molar-refractivity contribution in [1.29, 1.82) is 0 Å². The Bertz CT molecular complexity index is 444. The first kappa shape index (κ1) is 16.4. The van der Waals surface area contributed by atoms with E-state index in [0.717, 1.165) is 18.5 Å². The topological polar surface area (TPSA) is 29.3 Å². The predicted molar refractivity (Wildman–Crippen MR) is 82.4 cm³/mol. The van der Waals surface area contributed by atoms with Crippen molar-refractivity contribution >= 4 is 0 Å². The summed E-state index contributed by atoms with van der Waals surface area (Å²) in [5, 5.41) is 0. The van der Waals surface area contributed by atoms with Crippen LogP contribution in [0.3, 0.4) is 0 Å². The Morgan fingerprint density at radius 1 is 1.24 bits per heavy atom. The molecule has 1 aromatic rings. The molecule has 0 saturated heterocycles. The zero-order valence-electron chi connectivity index (χ0n) is 12.9. The minimum absolute atomic E-state index is 0.0509. The first-order valence-corrected chi connectivity index (χ1v) is 7.86. The molecular formula is C17H26F2N2. The third-order valence-electron chi connectivity index (χ3n) is 4.15. The van der Waals surface area contributed by atoms with Gasteiger partial charge in [-0.2, -0.15) is 0 Å². The predicted octanol–water partition coefficient (Wildman–Crippen LogP) is 4.13. The molecule has 118 valence electrons. The van der Waals surface area contributed by atoms with Crippen LogP contribution in [0.5, 0.6) is 0 Å². The van der Waals surface area contributed by atoms with Crippen LogP contribution < -0.4 is 5.73 Å². The van der Waals surface area contributed by atoms with Gasteiger partial charge in [-0.05, 0) is 43.4 Å². The lowest BCUT2D eigenvalue weighted by Gasteiger charge is -2.32. The first-order chi connectivity index (χ1) is 10.0. The van der Waals surface area contributed by atoms with Gasteiger partial charge in [-0.15, -0.1) is 0 Å². The molecule has 0 heterocycles. The Morgan fingerprint density at radius 3 is 2.43 bits per heavy atom. The average molecular weight is 296 g/mol. The summed E-state index contributed by atoms with van der Waals surface area (Å²) in [5.41, 5.74) is 6.99. The van der Waals surface area contributed by atoms with Crippen LogP contribution in [-0.4, -0.2) is 24.0 Å². The Kier molecular flexibility index (Phi) is 5.71. The monoisotopic (exact) mass is 296 g/mol. The summed E-state index contributed by atoms with van der Waals surface area (Å²) >= 11 is 0. The number of hydrogen-bond acceptors (Lipinski definition) is 2.